The van der Waals surface area contributed by atoms with Gasteiger partial charge in [-0.3, -0.25) is 38.3 Å². The van der Waals surface area contributed by atoms with Crippen LogP contribution in [0.3, 0.4) is 0 Å². The van der Waals surface area contributed by atoms with Crippen molar-refractivity contribution in [2.75, 3.05) is 12.3 Å². The van der Waals surface area contributed by atoms with Gasteiger partial charge in [0.1, 0.15) is 17.6 Å². The van der Waals surface area contributed by atoms with Gasteiger partial charge in [0.25, 0.3) is 0 Å². The summed E-state index contributed by atoms with van der Waals surface area (Å²) in [4.78, 5) is 93.3. The number of hydrogen-bond acceptors (Lipinski definition) is 10. The summed E-state index contributed by atoms with van der Waals surface area (Å²) in [7, 11) is -3.86. The van der Waals surface area contributed by atoms with Gasteiger partial charge in [-0.25, -0.2) is 13.2 Å². The summed E-state index contributed by atoms with van der Waals surface area (Å²) in [5.74, 6) is -6.78. The third-order valence-electron chi connectivity index (χ3n) is 8.37. The molecule has 0 aliphatic carbocycles. The first-order chi connectivity index (χ1) is 24.6. The lowest BCUT2D eigenvalue weighted by atomic mass is 9.94. The number of carbonyl (C=O) groups excluding carboxylic acids is 5. The zero-order valence-electron chi connectivity index (χ0n) is 30.5. The highest BCUT2D eigenvalue weighted by atomic mass is 32.2. The fraction of sp³-hybridized carbons (Fsp3) is 0.771. The predicted octanol–water partition coefficient (Wildman–Crippen LogP) is 3.64. The minimum atomic E-state index is -3.86. The molecule has 0 spiro atoms. The fourth-order valence-electron chi connectivity index (χ4n) is 5.26. The Morgan fingerprint density at radius 2 is 1.12 bits per heavy atom. The molecular formula is C35H59N3O13S. The van der Waals surface area contributed by atoms with Crippen LogP contribution in [0.4, 0.5) is 0 Å². The monoisotopic (exact) mass is 761 g/mol. The molecule has 0 radical (unpaired) electrons. The SMILES string of the molecule is CCC(=O)CC[C@H](NC(=O)CC[C@H](CC(=O)CCCCCCCCCCCNC(=O)CCCS(=O)(=O)NC(=O)CCCCC(=O)O)C(=O)O)C(=O)O. The van der Waals surface area contributed by atoms with Crippen molar-refractivity contribution >= 4 is 57.2 Å². The highest BCUT2D eigenvalue weighted by molar-refractivity contribution is 7.90. The molecule has 0 aromatic rings. The molecule has 0 aliphatic rings. The minimum absolute atomic E-state index is 0.0134. The standard InChI is InChI=1S/C35H59N3O13S/c1-2-27(39)20-21-29(35(48)49)37-31(42)22-19-26(34(46)47)25-28(40)15-10-8-6-4-3-5-7-9-13-23-36-30(41)17-14-24-52(50,51)38-32(43)16-11-12-18-33(44)45/h26,29H,2-25H2,1H3,(H,36,41)(H,37,42)(H,38,43)(H,44,45)(H,46,47)(H,48,49)/t26-,29+/m1/s1. The van der Waals surface area contributed by atoms with Crippen LogP contribution in [-0.4, -0.2) is 89.3 Å². The van der Waals surface area contributed by atoms with Crippen molar-refractivity contribution in [3.8, 4) is 0 Å². The van der Waals surface area contributed by atoms with Crippen LogP contribution in [0, 0.1) is 5.92 Å². The van der Waals surface area contributed by atoms with Crippen molar-refractivity contribution in [1.29, 1.82) is 0 Å². The third kappa shape index (κ3) is 27.8. The molecule has 0 aliphatic heterocycles. The summed E-state index contributed by atoms with van der Waals surface area (Å²) in [6.07, 6.45) is 8.52. The van der Waals surface area contributed by atoms with E-state index < -0.39 is 51.7 Å². The van der Waals surface area contributed by atoms with E-state index in [2.05, 4.69) is 10.6 Å². The molecule has 2 atom stereocenters. The van der Waals surface area contributed by atoms with E-state index in [-0.39, 0.29) is 107 Å². The average Bonchev–Trinajstić information content (AvgIpc) is 3.06. The Hall–Kier alpha value is -3.89. The van der Waals surface area contributed by atoms with E-state index in [1.807, 2.05) is 4.72 Å². The van der Waals surface area contributed by atoms with Crippen molar-refractivity contribution in [1.82, 2.24) is 15.4 Å². The van der Waals surface area contributed by atoms with Gasteiger partial charge in [0, 0.05) is 57.9 Å². The molecule has 16 nitrogen and oxygen atoms in total. The Morgan fingerprint density at radius 3 is 1.69 bits per heavy atom. The van der Waals surface area contributed by atoms with Crippen molar-refractivity contribution < 1.29 is 62.1 Å². The Bertz CT molecular complexity index is 1270. The second-order valence-electron chi connectivity index (χ2n) is 13.0. The molecule has 0 saturated carbocycles. The number of aliphatic carboxylic acids is 3. The lowest BCUT2D eigenvalue weighted by Gasteiger charge is -2.15. The van der Waals surface area contributed by atoms with E-state index in [1.54, 1.807) is 6.92 Å². The van der Waals surface area contributed by atoms with Crippen LogP contribution in [-0.2, 0) is 48.4 Å². The summed E-state index contributed by atoms with van der Waals surface area (Å²) in [5.41, 5.74) is 0. The van der Waals surface area contributed by atoms with Crippen LogP contribution < -0.4 is 15.4 Å². The highest BCUT2D eigenvalue weighted by Gasteiger charge is 2.25. The second kappa shape index (κ2) is 28.7. The number of rotatable bonds is 34. The molecule has 3 amide bonds. The van der Waals surface area contributed by atoms with Crippen molar-refractivity contribution in [2.24, 2.45) is 5.92 Å². The fourth-order valence-corrected chi connectivity index (χ4v) is 6.34. The molecule has 0 rings (SSSR count). The van der Waals surface area contributed by atoms with E-state index in [4.69, 9.17) is 5.11 Å². The quantitative estimate of drug-likeness (QED) is 0.0512. The topological polar surface area (TPSA) is 267 Å². The van der Waals surface area contributed by atoms with Crippen molar-refractivity contribution in [3.05, 3.63) is 0 Å². The van der Waals surface area contributed by atoms with Gasteiger partial charge in [-0.1, -0.05) is 51.9 Å². The Labute approximate surface area is 306 Å². The van der Waals surface area contributed by atoms with E-state index in [0.717, 1.165) is 51.4 Å². The number of nitrogens with one attached hydrogen (secondary N) is 3. The second-order valence-corrected chi connectivity index (χ2v) is 14.9. The first-order valence-corrected chi connectivity index (χ1v) is 20.0. The summed E-state index contributed by atoms with van der Waals surface area (Å²) < 4.78 is 25.9. The van der Waals surface area contributed by atoms with Gasteiger partial charge in [-0.15, -0.1) is 0 Å². The molecule has 0 aromatic carbocycles. The predicted molar refractivity (Wildman–Crippen MR) is 191 cm³/mol. The molecule has 0 unspecified atom stereocenters. The summed E-state index contributed by atoms with van der Waals surface area (Å²) in [5, 5.41) is 32.4. The van der Waals surface area contributed by atoms with Gasteiger partial charge in [-0.2, -0.15) is 0 Å². The van der Waals surface area contributed by atoms with Gasteiger partial charge in [0.2, 0.25) is 27.7 Å². The van der Waals surface area contributed by atoms with Crippen LogP contribution in [0.25, 0.3) is 0 Å². The summed E-state index contributed by atoms with van der Waals surface area (Å²) in [6.45, 7) is 2.14. The molecule has 0 fully saturated rings. The van der Waals surface area contributed by atoms with Crippen LogP contribution in [0.5, 0.6) is 0 Å². The van der Waals surface area contributed by atoms with E-state index in [0.29, 0.717) is 13.0 Å². The molecule has 0 heterocycles. The maximum Gasteiger partial charge on any atom is 0.326 e. The maximum atomic E-state index is 12.4. The molecule has 52 heavy (non-hydrogen) atoms. The third-order valence-corrected chi connectivity index (χ3v) is 9.73. The maximum absolute atomic E-state index is 12.4. The average molecular weight is 762 g/mol. The molecule has 17 heteroatoms. The normalized spacial score (nSPS) is 12.3. The Kier molecular flexibility index (Phi) is 26.5. The highest BCUT2D eigenvalue weighted by Crippen LogP contribution is 2.17. The van der Waals surface area contributed by atoms with E-state index in [9.17, 15) is 57.0 Å². The van der Waals surface area contributed by atoms with Gasteiger partial charge >= 0.3 is 17.9 Å². The first-order valence-electron chi connectivity index (χ1n) is 18.4. The van der Waals surface area contributed by atoms with Gasteiger partial charge < -0.3 is 26.0 Å². The van der Waals surface area contributed by atoms with Crippen molar-refractivity contribution in [2.45, 2.75) is 154 Å². The summed E-state index contributed by atoms with van der Waals surface area (Å²) >= 11 is 0. The lowest BCUT2D eigenvalue weighted by molar-refractivity contribution is -0.145. The first kappa shape index (κ1) is 48.1. The number of unbranched alkanes of at least 4 members (excludes halogenated alkanes) is 9. The number of Topliss-reactive ketones (excluding diaryl/α,β-unsaturated/α-hetero) is 2. The van der Waals surface area contributed by atoms with Crippen molar-refractivity contribution in [3.63, 3.8) is 0 Å². The van der Waals surface area contributed by atoms with Gasteiger partial charge in [0.15, 0.2) is 0 Å². The Balaban J connectivity index is 3.95. The van der Waals surface area contributed by atoms with Crippen LogP contribution in [0.1, 0.15) is 148 Å². The number of amides is 3. The number of carbonyl (C=O) groups is 8. The van der Waals surface area contributed by atoms with Crippen LogP contribution >= 0.6 is 0 Å². The summed E-state index contributed by atoms with van der Waals surface area (Å²) in [6, 6.07) is -1.24. The van der Waals surface area contributed by atoms with Crippen LogP contribution in [0.2, 0.25) is 0 Å². The molecule has 6 N–H and O–H groups in total. The van der Waals surface area contributed by atoms with E-state index >= 15 is 0 Å². The zero-order valence-corrected chi connectivity index (χ0v) is 31.3. The number of hydrogen-bond donors (Lipinski definition) is 6. The Morgan fingerprint density at radius 1 is 0.558 bits per heavy atom. The number of ketones is 2. The van der Waals surface area contributed by atoms with Crippen LogP contribution in [0.15, 0.2) is 0 Å². The van der Waals surface area contributed by atoms with E-state index in [1.165, 1.54) is 0 Å². The molecule has 0 aromatic heterocycles. The molecule has 298 valence electrons. The van der Waals surface area contributed by atoms with Gasteiger partial charge in [-0.05, 0) is 44.9 Å². The smallest absolute Gasteiger partial charge is 0.326 e. The largest absolute Gasteiger partial charge is 0.481 e. The number of carboxylic acid groups (broad SMARTS) is 3. The molecule has 0 bridgehead atoms. The zero-order chi connectivity index (χ0) is 39.4. The van der Waals surface area contributed by atoms with Gasteiger partial charge in [0.05, 0.1) is 11.7 Å². The molecular weight excluding hydrogens is 702 g/mol. The minimum Gasteiger partial charge on any atom is -0.481 e. The molecule has 0 saturated heterocycles. The number of carboxylic acids is 3. The number of sulfonamides is 1. The lowest BCUT2D eigenvalue weighted by Crippen LogP contribution is -2.41.